The highest BCUT2D eigenvalue weighted by atomic mass is 32.2. The molecule has 32 heavy (non-hydrogen) atoms. The molecule has 0 amide bonds. The molecule has 1 aromatic rings. The molecule has 1 aromatic carbocycles. The molecule has 8 atom stereocenters. The largest absolute Gasteiger partial charge is 0.390 e. The van der Waals surface area contributed by atoms with E-state index in [-0.39, 0.29) is 5.41 Å². The van der Waals surface area contributed by atoms with Gasteiger partial charge < -0.3 is 5.11 Å². The van der Waals surface area contributed by atoms with Gasteiger partial charge in [0, 0.05) is 6.54 Å². The first-order chi connectivity index (χ1) is 15.0. The van der Waals surface area contributed by atoms with Crippen LogP contribution in [0.25, 0.3) is 0 Å². The second-order valence-corrected chi connectivity index (χ2v) is 14.2. The van der Waals surface area contributed by atoms with E-state index in [0.29, 0.717) is 22.8 Å². The van der Waals surface area contributed by atoms with Crippen LogP contribution in [0.3, 0.4) is 0 Å². The van der Waals surface area contributed by atoms with Crippen LogP contribution in [-0.4, -0.2) is 25.7 Å². The molecule has 2 N–H and O–H groups in total. The summed E-state index contributed by atoms with van der Waals surface area (Å²) in [5, 5.41) is 10.8. The van der Waals surface area contributed by atoms with E-state index in [1.54, 1.807) is 24.3 Å². The summed E-state index contributed by atoms with van der Waals surface area (Å²) in [6.45, 7) is 7.51. The minimum atomic E-state index is -3.44. The number of sulfonamides is 1. The fraction of sp³-hybridized carbons (Fsp3) is 0.778. The lowest BCUT2D eigenvalue weighted by atomic mass is 9.45. The summed E-state index contributed by atoms with van der Waals surface area (Å²) in [4.78, 5) is 0.364. The summed E-state index contributed by atoms with van der Waals surface area (Å²) in [7, 11) is -3.44. The summed E-state index contributed by atoms with van der Waals surface area (Å²) in [5.74, 6) is 3.47. The van der Waals surface area contributed by atoms with Crippen molar-refractivity contribution in [3.63, 3.8) is 0 Å². The smallest absolute Gasteiger partial charge is 0.240 e. The monoisotopic (exact) mass is 459 g/mol. The Morgan fingerprint density at radius 2 is 1.59 bits per heavy atom. The predicted molar refractivity (Wildman–Crippen MR) is 127 cm³/mol. The van der Waals surface area contributed by atoms with Crippen molar-refractivity contribution < 1.29 is 13.5 Å². The predicted octanol–water partition coefficient (Wildman–Crippen LogP) is 5.37. The van der Waals surface area contributed by atoms with Gasteiger partial charge in [-0.05, 0) is 117 Å². The van der Waals surface area contributed by atoms with Gasteiger partial charge in [-0.3, -0.25) is 0 Å². The van der Waals surface area contributed by atoms with E-state index in [9.17, 15) is 13.5 Å². The quantitative estimate of drug-likeness (QED) is 0.636. The highest BCUT2D eigenvalue weighted by Gasteiger charge is 2.59. The van der Waals surface area contributed by atoms with Gasteiger partial charge in [0.25, 0.3) is 0 Å². The van der Waals surface area contributed by atoms with E-state index >= 15 is 0 Å². The zero-order chi connectivity index (χ0) is 22.8. The van der Waals surface area contributed by atoms with Gasteiger partial charge in [-0.25, -0.2) is 13.1 Å². The van der Waals surface area contributed by atoms with Gasteiger partial charge in [-0.2, -0.15) is 0 Å². The topological polar surface area (TPSA) is 66.4 Å². The Hall–Kier alpha value is -0.910. The Balaban J connectivity index is 1.29. The number of aliphatic hydroxyl groups is 1. The first-order valence-electron chi connectivity index (χ1n) is 12.8. The molecule has 0 saturated heterocycles. The van der Waals surface area contributed by atoms with Gasteiger partial charge in [-0.15, -0.1) is 0 Å². The van der Waals surface area contributed by atoms with Gasteiger partial charge in [0.1, 0.15) is 0 Å². The number of fused-ring (bicyclic) bond motifs is 5. The zero-order valence-corrected chi connectivity index (χ0v) is 20.8. The molecule has 4 saturated carbocycles. The van der Waals surface area contributed by atoms with Crippen molar-refractivity contribution >= 4 is 10.0 Å². The van der Waals surface area contributed by atoms with E-state index in [1.165, 1.54) is 38.5 Å². The number of benzene rings is 1. The Bertz CT molecular complexity index is 945. The van der Waals surface area contributed by atoms with Gasteiger partial charge in [-0.1, -0.05) is 32.0 Å². The van der Waals surface area contributed by atoms with Crippen molar-refractivity contribution in [2.24, 2.45) is 40.4 Å². The summed E-state index contributed by atoms with van der Waals surface area (Å²) in [6.07, 6.45) is 10.5. The molecule has 4 aliphatic rings. The summed E-state index contributed by atoms with van der Waals surface area (Å²) in [5.41, 5.74) is 0.0455. The van der Waals surface area contributed by atoms with Crippen LogP contribution in [0.2, 0.25) is 0 Å². The molecule has 4 nitrogen and oxygen atoms in total. The van der Waals surface area contributed by atoms with Crippen LogP contribution in [0, 0.1) is 40.4 Å². The zero-order valence-electron chi connectivity index (χ0n) is 20.0. The maximum absolute atomic E-state index is 12.8. The molecule has 0 spiro atoms. The van der Waals surface area contributed by atoms with Crippen LogP contribution in [-0.2, 0) is 10.0 Å². The molecule has 0 bridgehead atoms. The lowest BCUT2D eigenvalue weighted by molar-refractivity contribution is -0.138. The second kappa shape index (κ2) is 7.81. The van der Waals surface area contributed by atoms with Crippen molar-refractivity contribution in [2.75, 3.05) is 6.54 Å². The van der Waals surface area contributed by atoms with Gasteiger partial charge >= 0.3 is 0 Å². The Morgan fingerprint density at radius 1 is 0.906 bits per heavy atom. The van der Waals surface area contributed by atoms with E-state index in [4.69, 9.17) is 0 Å². The van der Waals surface area contributed by atoms with E-state index < -0.39 is 15.6 Å². The molecule has 0 radical (unpaired) electrons. The minimum Gasteiger partial charge on any atom is -0.390 e. The lowest BCUT2D eigenvalue weighted by Crippen LogP contribution is -2.54. The SMILES string of the molecule is C[C@@]1(O)CC[C@@H]2[C@H]3CC[C@]4(C)[C@@H](CNS(=O)(=O)c5ccccc5)CC[C@H]4[C@@H]3CC[C@]2(C)C1. The van der Waals surface area contributed by atoms with Crippen molar-refractivity contribution in [3.8, 4) is 0 Å². The average molecular weight is 460 g/mol. The molecule has 178 valence electrons. The molecule has 0 heterocycles. The van der Waals surface area contributed by atoms with Crippen LogP contribution in [0.15, 0.2) is 35.2 Å². The Morgan fingerprint density at radius 3 is 2.34 bits per heavy atom. The van der Waals surface area contributed by atoms with Crippen molar-refractivity contribution in [1.29, 1.82) is 0 Å². The molecule has 4 aliphatic carbocycles. The Labute approximate surface area is 194 Å². The molecule has 4 fully saturated rings. The average Bonchev–Trinajstić information content (AvgIpc) is 3.08. The van der Waals surface area contributed by atoms with E-state index in [2.05, 4.69) is 18.6 Å². The first kappa shape index (κ1) is 22.9. The highest BCUT2D eigenvalue weighted by Crippen LogP contribution is 2.67. The number of nitrogens with one attached hydrogen (secondary N) is 1. The molecule has 0 aromatic heterocycles. The van der Waals surface area contributed by atoms with Gasteiger partial charge in [0.2, 0.25) is 10.0 Å². The molecule has 5 heteroatoms. The van der Waals surface area contributed by atoms with Gasteiger partial charge in [0.05, 0.1) is 10.5 Å². The summed E-state index contributed by atoms with van der Waals surface area (Å²) in [6, 6.07) is 8.76. The maximum atomic E-state index is 12.8. The molecule has 0 unspecified atom stereocenters. The van der Waals surface area contributed by atoms with Crippen LogP contribution in [0.1, 0.15) is 78.6 Å². The lowest BCUT2D eigenvalue weighted by Gasteiger charge is -2.60. The number of hydrogen-bond acceptors (Lipinski definition) is 3. The standard InChI is InChI=1S/C27H41NO3S/c1-25-14-11-22-21(23(25)13-15-26(2,29)18-25)12-16-27(3)19(9-10-24(22)27)17-28-32(30,31)20-7-5-4-6-8-20/h4-8,19,21-24,28-29H,9-18H2,1-3H3/t19-,21+,22-,23-,24+,25-,26-,27-/m1/s1. The summed E-state index contributed by atoms with van der Waals surface area (Å²) >= 11 is 0. The fourth-order valence-electron chi connectivity index (χ4n) is 8.97. The first-order valence-corrected chi connectivity index (χ1v) is 14.3. The second-order valence-electron chi connectivity index (χ2n) is 12.4. The van der Waals surface area contributed by atoms with Crippen LogP contribution >= 0.6 is 0 Å². The maximum Gasteiger partial charge on any atom is 0.240 e. The van der Waals surface area contributed by atoms with Crippen molar-refractivity contribution in [3.05, 3.63) is 30.3 Å². The van der Waals surface area contributed by atoms with Crippen molar-refractivity contribution in [2.45, 2.75) is 89.1 Å². The van der Waals surface area contributed by atoms with Gasteiger partial charge in [0.15, 0.2) is 0 Å². The van der Waals surface area contributed by atoms with Crippen LogP contribution in [0.4, 0.5) is 0 Å². The third-order valence-corrected chi connectivity index (χ3v) is 11.9. The highest BCUT2D eigenvalue weighted by molar-refractivity contribution is 7.89. The third kappa shape index (κ3) is 3.76. The molecular weight excluding hydrogens is 418 g/mol. The van der Waals surface area contributed by atoms with Crippen LogP contribution < -0.4 is 4.72 Å². The van der Waals surface area contributed by atoms with Crippen LogP contribution in [0.5, 0.6) is 0 Å². The normalized spacial score (nSPS) is 46.2. The third-order valence-electron chi connectivity index (χ3n) is 10.5. The number of hydrogen-bond donors (Lipinski definition) is 2. The molecular formula is C27H41NO3S. The molecule has 0 aliphatic heterocycles. The minimum absolute atomic E-state index is 0.244. The molecule has 5 rings (SSSR count). The van der Waals surface area contributed by atoms with Crippen molar-refractivity contribution in [1.82, 2.24) is 4.72 Å². The van der Waals surface area contributed by atoms with E-state index in [0.717, 1.165) is 42.9 Å². The van der Waals surface area contributed by atoms with E-state index in [1.807, 2.05) is 13.0 Å². The summed E-state index contributed by atoms with van der Waals surface area (Å²) < 4.78 is 28.5. The fourth-order valence-corrected chi connectivity index (χ4v) is 10.1. The Kier molecular flexibility index (Phi) is 5.58. The number of rotatable bonds is 4.